The van der Waals surface area contributed by atoms with Crippen molar-refractivity contribution >= 4 is 0 Å². The third kappa shape index (κ3) is 2.86. The molecule has 1 saturated carbocycles. The first-order valence-electron chi connectivity index (χ1n) is 7.96. The fourth-order valence-electron chi connectivity index (χ4n) is 3.92. The summed E-state index contributed by atoms with van der Waals surface area (Å²) in [6, 6.07) is 0.315. The fraction of sp³-hybridized carbons (Fsp3) is 0.750. The van der Waals surface area contributed by atoms with Crippen LogP contribution in [0.2, 0.25) is 0 Å². The van der Waals surface area contributed by atoms with E-state index >= 15 is 0 Å². The molecule has 1 N–H and O–H groups in total. The average Bonchev–Trinajstić information content (AvgIpc) is 2.93. The third-order valence-corrected chi connectivity index (χ3v) is 4.84. The Morgan fingerprint density at radius 1 is 1.40 bits per heavy atom. The van der Waals surface area contributed by atoms with Gasteiger partial charge in [-0.15, -0.1) is 0 Å². The predicted molar refractivity (Wildman–Crippen MR) is 78.3 cm³/mol. The number of rotatable bonds is 4. The zero-order valence-corrected chi connectivity index (χ0v) is 12.3. The Kier molecular flexibility index (Phi) is 4.32. The smallest absolute Gasteiger partial charge is 0.0758 e. The molecule has 1 aromatic rings. The molecular formula is C16H25N3O. The van der Waals surface area contributed by atoms with Gasteiger partial charge in [0, 0.05) is 25.2 Å². The van der Waals surface area contributed by atoms with Gasteiger partial charge < -0.3 is 10.1 Å². The van der Waals surface area contributed by atoms with Gasteiger partial charge in [0.15, 0.2) is 0 Å². The van der Waals surface area contributed by atoms with Crippen LogP contribution in [0.4, 0.5) is 0 Å². The van der Waals surface area contributed by atoms with E-state index < -0.39 is 0 Å². The molecule has 0 amide bonds. The Hall–Kier alpha value is -1.00. The molecule has 2 atom stereocenters. The standard InChI is InChI=1S/C16H25N3O/c1-2-18-15(14-12-17-8-9-19-14)13-5-10-20-16(11-13)6-3-4-7-16/h8-9,12-13,15,18H,2-7,10-11H2,1H3. The van der Waals surface area contributed by atoms with Crippen LogP contribution in [0.15, 0.2) is 18.6 Å². The summed E-state index contributed by atoms with van der Waals surface area (Å²) in [7, 11) is 0. The Balaban J connectivity index is 1.77. The number of aromatic nitrogens is 2. The van der Waals surface area contributed by atoms with Crippen molar-refractivity contribution in [3.05, 3.63) is 24.3 Å². The van der Waals surface area contributed by atoms with Crippen LogP contribution in [0.25, 0.3) is 0 Å². The maximum Gasteiger partial charge on any atom is 0.0758 e. The highest BCUT2D eigenvalue weighted by Gasteiger charge is 2.42. The lowest BCUT2D eigenvalue weighted by molar-refractivity contribution is -0.0983. The minimum Gasteiger partial charge on any atom is -0.375 e. The molecule has 4 heteroatoms. The molecule has 20 heavy (non-hydrogen) atoms. The van der Waals surface area contributed by atoms with Gasteiger partial charge in [-0.1, -0.05) is 19.8 Å². The Labute approximate surface area is 121 Å². The first kappa shape index (κ1) is 14.0. The fourth-order valence-corrected chi connectivity index (χ4v) is 3.92. The van der Waals surface area contributed by atoms with E-state index in [2.05, 4.69) is 22.2 Å². The zero-order chi connectivity index (χ0) is 13.8. The van der Waals surface area contributed by atoms with Crippen molar-refractivity contribution in [3.8, 4) is 0 Å². The van der Waals surface area contributed by atoms with E-state index in [1.165, 1.54) is 32.1 Å². The summed E-state index contributed by atoms with van der Waals surface area (Å²) < 4.78 is 6.16. The van der Waals surface area contributed by atoms with Crippen LogP contribution in [0, 0.1) is 5.92 Å². The highest BCUT2D eigenvalue weighted by atomic mass is 16.5. The first-order valence-corrected chi connectivity index (χ1v) is 7.96. The summed E-state index contributed by atoms with van der Waals surface area (Å²) >= 11 is 0. The highest BCUT2D eigenvalue weighted by Crippen LogP contribution is 2.45. The van der Waals surface area contributed by atoms with E-state index in [1.54, 1.807) is 12.4 Å². The highest BCUT2D eigenvalue weighted by molar-refractivity contribution is 5.06. The van der Waals surface area contributed by atoms with Crippen molar-refractivity contribution in [2.24, 2.45) is 5.92 Å². The molecule has 2 aliphatic rings. The van der Waals surface area contributed by atoms with E-state index in [9.17, 15) is 0 Å². The molecule has 2 fully saturated rings. The topological polar surface area (TPSA) is 47.0 Å². The third-order valence-electron chi connectivity index (χ3n) is 4.84. The van der Waals surface area contributed by atoms with Gasteiger partial charge >= 0.3 is 0 Å². The minimum absolute atomic E-state index is 0.165. The number of hydrogen-bond acceptors (Lipinski definition) is 4. The molecule has 1 spiro atoms. The molecule has 3 rings (SSSR count). The van der Waals surface area contributed by atoms with Gasteiger partial charge in [0.05, 0.1) is 17.3 Å². The predicted octanol–water partition coefficient (Wildman–Crippen LogP) is 2.87. The quantitative estimate of drug-likeness (QED) is 0.918. The summed E-state index contributed by atoms with van der Waals surface area (Å²) in [5.74, 6) is 0.610. The van der Waals surface area contributed by atoms with Crippen LogP contribution in [-0.4, -0.2) is 28.7 Å². The molecule has 4 nitrogen and oxygen atoms in total. The van der Waals surface area contributed by atoms with Crippen molar-refractivity contribution in [3.63, 3.8) is 0 Å². The molecule has 1 aromatic heterocycles. The maximum atomic E-state index is 6.16. The van der Waals surface area contributed by atoms with Gasteiger partial charge in [-0.25, -0.2) is 0 Å². The second-order valence-corrected chi connectivity index (χ2v) is 6.16. The number of nitrogens with zero attached hydrogens (tertiary/aromatic N) is 2. The van der Waals surface area contributed by atoms with Crippen LogP contribution in [0.5, 0.6) is 0 Å². The molecule has 110 valence electrons. The van der Waals surface area contributed by atoms with Crippen molar-refractivity contribution in [1.82, 2.24) is 15.3 Å². The average molecular weight is 275 g/mol. The number of nitrogens with one attached hydrogen (secondary N) is 1. The van der Waals surface area contributed by atoms with E-state index in [-0.39, 0.29) is 5.60 Å². The molecule has 1 saturated heterocycles. The molecule has 2 heterocycles. The maximum absolute atomic E-state index is 6.16. The Morgan fingerprint density at radius 2 is 2.25 bits per heavy atom. The second kappa shape index (κ2) is 6.19. The number of hydrogen-bond donors (Lipinski definition) is 1. The molecule has 2 unspecified atom stereocenters. The van der Waals surface area contributed by atoms with Crippen LogP contribution in [-0.2, 0) is 4.74 Å². The SMILES string of the molecule is CCNC(c1cnccn1)C1CCOC2(CCCC2)C1. The van der Waals surface area contributed by atoms with Gasteiger partial charge in [0.1, 0.15) is 0 Å². The van der Waals surface area contributed by atoms with Gasteiger partial charge in [-0.2, -0.15) is 0 Å². The molecular weight excluding hydrogens is 250 g/mol. The van der Waals surface area contributed by atoms with Crippen molar-refractivity contribution in [2.45, 2.75) is 57.1 Å². The lowest BCUT2D eigenvalue weighted by Gasteiger charge is -2.41. The summed E-state index contributed by atoms with van der Waals surface area (Å²) in [5, 5.41) is 3.62. The summed E-state index contributed by atoms with van der Waals surface area (Å²) in [4.78, 5) is 8.76. The van der Waals surface area contributed by atoms with Crippen LogP contribution in [0.1, 0.15) is 57.2 Å². The normalized spacial score (nSPS) is 26.8. The van der Waals surface area contributed by atoms with E-state index in [0.29, 0.717) is 12.0 Å². The molecule has 0 radical (unpaired) electrons. The minimum atomic E-state index is 0.165. The second-order valence-electron chi connectivity index (χ2n) is 6.16. The van der Waals surface area contributed by atoms with E-state index in [1.807, 2.05) is 6.20 Å². The monoisotopic (exact) mass is 275 g/mol. The van der Waals surface area contributed by atoms with Crippen LogP contribution >= 0.6 is 0 Å². The summed E-state index contributed by atoms with van der Waals surface area (Å²) in [5.41, 5.74) is 1.24. The molecule has 0 aromatic carbocycles. The van der Waals surface area contributed by atoms with Crippen molar-refractivity contribution in [1.29, 1.82) is 0 Å². The molecule has 0 bridgehead atoms. The van der Waals surface area contributed by atoms with E-state index in [4.69, 9.17) is 4.74 Å². The van der Waals surface area contributed by atoms with Crippen LogP contribution in [0.3, 0.4) is 0 Å². The lowest BCUT2D eigenvalue weighted by atomic mass is 9.79. The van der Waals surface area contributed by atoms with Crippen molar-refractivity contribution in [2.75, 3.05) is 13.2 Å². The van der Waals surface area contributed by atoms with Gasteiger partial charge in [0.25, 0.3) is 0 Å². The van der Waals surface area contributed by atoms with Gasteiger partial charge in [0.2, 0.25) is 0 Å². The van der Waals surface area contributed by atoms with Crippen LogP contribution < -0.4 is 5.32 Å². The first-order chi connectivity index (χ1) is 9.83. The zero-order valence-electron chi connectivity index (χ0n) is 12.3. The largest absolute Gasteiger partial charge is 0.375 e. The lowest BCUT2D eigenvalue weighted by Crippen LogP contribution is -2.42. The van der Waals surface area contributed by atoms with E-state index in [0.717, 1.165) is 25.3 Å². The summed E-state index contributed by atoms with van der Waals surface area (Å²) in [6.45, 7) is 4.02. The van der Waals surface area contributed by atoms with Gasteiger partial charge in [-0.05, 0) is 38.1 Å². The van der Waals surface area contributed by atoms with Gasteiger partial charge in [-0.3, -0.25) is 9.97 Å². The molecule has 1 aliphatic heterocycles. The Morgan fingerprint density at radius 3 is 2.95 bits per heavy atom. The molecule has 1 aliphatic carbocycles. The van der Waals surface area contributed by atoms with Crippen molar-refractivity contribution < 1.29 is 4.74 Å². The summed E-state index contributed by atoms with van der Waals surface area (Å²) in [6.07, 6.45) is 12.9. The number of ether oxygens (including phenoxy) is 1. The Bertz CT molecular complexity index is 417.